The van der Waals surface area contributed by atoms with Gasteiger partial charge in [-0.3, -0.25) is 4.79 Å². The topological polar surface area (TPSA) is 70.9 Å². The Morgan fingerprint density at radius 3 is 2.76 bits per heavy atom. The summed E-state index contributed by atoms with van der Waals surface area (Å²) in [7, 11) is 0. The summed E-state index contributed by atoms with van der Waals surface area (Å²) in [4.78, 5) is 20.0. The van der Waals surface area contributed by atoms with Crippen molar-refractivity contribution in [3.63, 3.8) is 0 Å². The number of hydrogen-bond acceptors (Lipinski definition) is 3. The largest absolute Gasteiger partial charge is 0.466 e. The van der Waals surface area contributed by atoms with Crippen molar-refractivity contribution in [2.24, 2.45) is 0 Å². The zero-order valence-corrected chi connectivity index (χ0v) is 13.8. The molecule has 3 heterocycles. The van der Waals surface area contributed by atoms with Crippen molar-refractivity contribution in [1.29, 1.82) is 0 Å². The van der Waals surface area contributed by atoms with Gasteiger partial charge in [-0.2, -0.15) is 0 Å². The van der Waals surface area contributed by atoms with Crippen LogP contribution in [-0.2, 0) is 12.8 Å². The maximum absolute atomic E-state index is 13.2. The van der Waals surface area contributed by atoms with Crippen molar-refractivity contribution in [2.45, 2.75) is 25.7 Å². The third-order valence-electron chi connectivity index (χ3n) is 4.48. The van der Waals surface area contributed by atoms with Crippen LogP contribution < -0.4 is 5.32 Å². The normalized spacial score (nSPS) is 17.0. The predicted octanol–water partition coefficient (Wildman–Crippen LogP) is 3.11. The smallest absolute Gasteiger partial charge is 0.271 e. The van der Waals surface area contributed by atoms with E-state index in [0.717, 1.165) is 22.8 Å². The van der Waals surface area contributed by atoms with Crippen molar-refractivity contribution in [2.75, 3.05) is 6.54 Å². The minimum Gasteiger partial charge on any atom is -0.466 e. The zero-order valence-electron chi connectivity index (χ0n) is 13.8. The summed E-state index contributed by atoms with van der Waals surface area (Å²) < 4.78 is 18.7. The molecule has 0 spiro atoms. The number of fused-ring (bicyclic) bond motifs is 1. The summed E-state index contributed by atoms with van der Waals surface area (Å²) in [5.41, 5.74) is 2.23. The molecule has 6 heteroatoms. The summed E-state index contributed by atoms with van der Waals surface area (Å²) >= 11 is 0. The summed E-state index contributed by atoms with van der Waals surface area (Å²) in [5.74, 6) is 1.98. The zero-order chi connectivity index (χ0) is 17.4. The third kappa shape index (κ3) is 3.20. The molecule has 1 aliphatic heterocycles. The van der Waals surface area contributed by atoms with Crippen LogP contribution in [0.3, 0.4) is 0 Å². The fourth-order valence-corrected chi connectivity index (χ4v) is 3.22. The maximum atomic E-state index is 13.2. The maximum Gasteiger partial charge on any atom is 0.271 e. The molecule has 2 N–H and O–H groups in total. The molecule has 0 fully saturated rings. The van der Waals surface area contributed by atoms with Crippen LogP contribution in [-0.4, -0.2) is 22.4 Å². The van der Waals surface area contributed by atoms with Crippen molar-refractivity contribution in [3.8, 4) is 0 Å². The Morgan fingerprint density at radius 2 is 2.04 bits per heavy atom. The van der Waals surface area contributed by atoms with E-state index in [9.17, 15) is 9.18 Å². The number of carbonyl (C=O) groups excluding carboxylic acids is 1. The average Bonchev–Trinajstić information content (AvgIpc) is 3.14. The Labute approximate surface area is 144 Å². The third-order valence-corrected chi connectivity index (χ3v) is 4.48. The number of furan rings is 1. The van der Waals surface area contributed by atoms with Gasteiger partial charge in [-0.05, 0) is 43.2 Å². The van der Waals surface area contributed by atoms with Crippen molar-refractivity contribution in [1.82, 2.24) is 15.3 Å². The van der Waals surface area contributed by atoms with Gasteiger partial charge in [0.15, 0.2) is 0 Å². The monoisotopic (exact) mass is 339 g/mol. The first-order valence-electron chi connectivity index (χ1n) is 8.25. The highest BCUT2D eigenvalue weighted by Gasteiger charge is 2.26. The average molecular weight is 339 g/mol. The van der Waals surface area contributed by atoms with Gasteiger partial charge in [-0.1, -0.05) is 12.1 Å². The van der Waals surface area contributed by atoms with E-state index in [1.165, 1.54) is 12.1 Å². The molecule has 0 saturated heterocycles. The van der Waals surface area contributed by atoms with Crippen LogP contribution >= 0.6 is 0 Å². The SMILES string of the molecule is Cc1ccc(Cc2nc3c([nH]2)CC(c2ccc(F)cc2)CNC3=O)o1. The highest BCUT2D eigenvalue weighted by Crippen LogP contribution is 2.25. The first kappa shape index (κ1) is 15.6. The molecule has 2 aromatic heterocycles. The molecule has 1 atom stereocenters. The second-order valence-electron chi connectivity index (χ2n) is 6.36. The number of aromatic nitrogens is 2. The van der Waals surface area contributed by atoms with Crippen LogP contribution in [0.5, 0.6) is 0 Å². The number of amides is 1. The Hall–Kier alpha value is -2.89. The minimum absolute atomic E-state index is 0.0740. The van der Waals surface area contributed by atoms with E-state index in [0.29, 0.717) is 30.9 Å². The van der Waals surface area contributed by atoms with Crippen LogP contribution in [0.2, 0.25) is 0 Å². The van der Waals surface area contributed by atoms with E-state index in [4.69, 9.17) is 4.42 Å². The minimum atomic E-state index is -0.264. The number of carbonyl (C=O) groups is 1. The molecule has 0 radical (unpaired) electrons. The van der Waals surface area contributed by atoms with Crippen LogP contribution in [0.15, 0.2) is 40.8 Å². The van der Waals surface area contributed by atoms with Crippen molar-refractivity contribution in [3.05, 3.63) is 76.5 Å². The Morgan fingerprint density at radius 1 is 1.24 bits per heavy atom. The lowest BCUT2D eigenvalue weighted by Crippen LogP contribution is -2.26. The van der Waals surface area contributed by atoms with Crippen LogP contribution in [0.4, 0.5) is 4.39 Å². The number of aromatic amines is 1. The van der Waals surface area contributed by atoms with Gasteiger partial charge < -0.3 is 14.7 Å². The summed E-state index contributed by atoms with van der Waals surface area (Å²) in [6.07, 6.45) is 1.15. The second-order valence-corrected chi connectivity index (χ2v) is 6.36. The molecular formula is C19H18FN3O2. The summed E-state index contributed by atoms with van der Waals surface area (Å²) in [5, 5.41) is 2.91. The molecule has 25 heavy (non-hydrogen) atoms. The number of hydrogen-bond donors (Lipinski definition) is 2. The van der Waals surface area contributed by atoms with E-state index in [2.05, 4.69) is 15.3 Å². The molecule has 0 saturated carbocycles. The standard InChI is InChI=1S/C19H18FN3O2/c1-11-2-7-15(25-11)9-17-22-16-8-13(10-21-19(24)18(16)23-17)12-3-5-14(20)6-4-12/h2-7,13H,8-10H2,1H3,(H,21,24)(H,22,23). The van der Waals surface area contributed by atoms with Gasteiger partial charge in [-0.25, -0.2) is 9.37 Å². The first-order chi connectivity index (χ1) is 12.1. The number of rotatable bonds is 3. The number of imidazole rings is 1. The van der Waals surface area contributed by atoms with Crippen molar-refractivity contribution >= 4 is 5.91 Å². The predicted molar refractivity (Wildman–Crippen MR) is 90.0 cm³/mol. The molecule has 0 aliphatic carbocycles. The Balaban J connectivity index is 1.60. The molecular weight excluding hydrogens is 321 g/mol. The molecule has 128 valence electrons. The van der Waals surface area contributed by atoms with Crippen LogP contribution in [0.1, 0.15) is 45.0 Å². The molecule has 1 aliphatic rings. The summed E-state index contributed by atoms with van der Waals surface area (Å²) in [6, 6.07) is 10.2. The lowest BCUT2D eigenvalue weighted by Gasteiger charge is -2.14. The molecule has 5 nitrogen and oxygen atoms in total. The van der Waals surface area contributed by atoms with E-state index >= 15 is 0 Å². The van der Waals surface area contributed by atoms with E-state index in [1.807, 2.05) is 19.1 Å². The number of aryl methyl sites for hydroxylation is 1. The van der Waals surface area contributed by atoms with Gasteiger partial charge in [-0.15, -0.1) is 0 Å². The molecule has 1 amide bonds. The Kier molecular flexibility index (Phi) is 3.87. The van der Waals surface area contributed by atoms with Crippen LogP contribution in [0.25, 0.3) is 0 Å². The fourth-order valence-electron chi connectivity index (χ4n) is 3.22. The van der Waals surface area contributed by atoms with E-state index in [1.54, 1.807) is 12.1 Å². The molecule has 1 aromatic carbocycles. The highest BCUT2D eigenvalue weighted by atomic mass is 19.1. The molecule has 3 aromatic rings. The highest BCUT2D eigenvalue weighted by molar-refractivity contribution is 5.94. The summed E-state index contributed by atoms with van der Waals surface area (Å²) in [6.45, 7) is 2.39. The van der Waals surface area contributed by atoms with E-state index < -0.39 is 0 Å². The van der Waals surface area contributed by atoms with Gasteiger partial charge in [0.2, 0.25) is 0 Å². The lowest BCUT2D eigenvalue weighted by atomic mass is 9.94. The van der Waals surface area contributed by atoms with Gasteiger partial charge >= 0.3 is 0 Å². The van der Waals surface area contributed by atoms with Crippen molar-refractivity contribution < 1.29 is 13.6 Å². The lowest BCUT2D eigenvalue weighted by molar-refractivity contribution is 0.0950. The quantitative estimate of drug-likeness (QED) is 0.770. The fraction of sp³-hybridized carbons (Fsp3) is 0.263. The molecule has 0 bridgehead atoms. The van der Waals surface area contributed by atoms with Gasteiger partial charge in [0.25, 0.3) is 5.91 Å². The Bertz CT molecular complexity index is 911. The van der Waals surface area contributed by atoms with Gasteiger partial charge in [0.1, 0.15) is 28.9 Å². The number of nitrogens with one attached hydrogen (secondary N) is 2. The number of benzene rings is 1. The molecule has 1 unspecified atom stereocenters. The number of nitrogens with zero attached hydrogens (tertiary/aromatic N) is 1. The van der Waals surface area contributed by atoms with Gasteiger partial charge in [0.05, 0.1) is 6.42 Å². The second kappa shape index (κ2) is 6.20. The van der Waals surface area contributed by atoms with Gasteiger partial charge in [0, 0.05) is 18.2 Å². The van der Waals surface area contributed by atoms with E-state index in [-0.39, 0.29) is 17.6 Å². The molecule has 4 rings (SSSR count). The number of H-pyrrole nitrogens is 1. The van der Waals surface area contributed by atoms with Crippen LogP contribution in [0, 0.1) is 12.7 Å². The first-order valence-corrected chi connectivity index (χ1v) is 8.25. The number of halogens is 1.